The minimum absolute atomic E-state index is 0. The molecule has 0 saturated carbocycles. The summed E-state index contributed by atoms with van der Waals surface area (Å²) >= 11 is 0. The molecular weight excluding hydrogens is 493 g/mol. The standard InChI is InChI=1S/C18H19F4N3O2.HI/c1-23-17(25-10-13-4-7-16(26)15(19)8-13)24-9-12-2-5-14(6-3-12)27-11-18(20,21)22;/h2-8,26H,9-11H2,1H3,(H2,23,24,25);1H. The van der Waals surface area contributed by atoms with Gasteiger partial charge in [-0.1, -0.05) is 18.2 Å². The van der Waals surface area contributed by atoms with Gasteiger partial charge in [-0.15, -0.1) is 24.0 Å². The number of halogens is 5. The lowest BCUT2D eigenvalue weighted by Gasteiger charge is -2.13. The third-order valence-electron chi connectivity index (χ3n) is 3.48. The van der Waals surface area contributed by atoms with Crippen LogP contribution in [0.25, 0.3) is 0 Å². The predicted molar refractivity (Wildman–Crippen MR) is 109 cm³/mol. The number of hydrogen-bond acceptors (Lipinski definition) is 3. The van der Waals surface area contributed by atoms with Gasteiger partial charge in [0.2, 0.25) is 0 Å². The van der Waals surface area contributed by atoms with E-state index in [0.29, 0.717) is 24.6 Å². The molecule has 0 aliphatic heterocycles. The Kier molecular flexibility index (Phi) is 9.29. The highest BCUT2D eigenvalue weighted by Crippen LogP contribution is 2.19. The monoisotopic (exact) mass is 513 g/mol. The summed E-state index contributed by atoms with van der Waals surface area (Å²) in [5, 5.41) is 15.2. The molecule has 5 nitrogen and oxygen atoms in total. The Bertz CT molecular complexity index is 783. The Balaban J connectivity index is 0.00000392. The Hall–Kier alpha value is -2.24. The van der Waals surface area contributed by atoms with Gasteiger partial charge in [0.1, 0.15) is 5.75 Å². The first kappa shape index (κ1) is 23.8. The number of nitrogens with one attached hydrogen (secondary N) is 2. The lowest BCUT2D eigenvalue weighted by molar-refractivity contribution is -0.153. The molecular formula is C18H20F4IN3O2. The van der Waals surface area contributed by atoms with Crippen molar-refractivity contribution in [3.8, 4) is 11.5 Å². The van der Waals surface area contributed by atoms with Gasteiger partial charge in [0, 0.05) is 20.1 Å². The third-order valence-corrected chi connectivity index (χ3v) is 3.48. The second kappa shape index (κ2) is 10.9. The SMILES string of the molecule is CN=C(NCc1ccc(OCC(F)(F)F)cc1)NCc1ccc(O)c(F)c1.I. The Labute approximate surface area is 176 Å². The lowest BCUT2D eigenvalue weighted by atomic mass is 10.2. The number of guanidine groups is 1. The van der Waals surface area contributed by atoms with E-state index in [1.54, 1.807) is 25.2 Å². The number of nitrogens with zero attached hydrogens (tertiary/aromatic N) is 1. The summed E-state index contributed by atoms with van der Waals surface area (Å²) in [5.41, 5.74) is 1.44. The van der Waals surface area contributed by atoms with Crippen LogP contribution in [0.4, 0.5) is 17.6 Å². The fourth-order valence-corrected chi connectivity index (χ4v) is 2.12. The van der Waals surface area contributed by atoms with E-state index in [2.05, 4.69) is 20.4 Å². The molecule has 2 rings (SSSR count). The minimum Gasteiger partial charge on any atom is -0.505 e. The minimum atomic E-state index is -4.38. The van der Waals surface area contributed by atoms with Crippen LogP contribution < -0.4 is 15.4 Å². The van der Waals surface area contributed by atoms with Crippen molar-refractivity contribution < 1.29 is 27.4 Å². The number of hydrogen-bond donors (Lipinski definition) is 3. The van der Waals surface area contributed by atoms with Gasteiger partial charge >= 0.3 is 6.18 Å². The summed E-state index contributed by atoms with van der Waals surface area (Å²) in [6.45, 7) is -0.663. The van der Waals surface area contributed by atoms with Crippen LogP contribution in [0.15, 0.2) is 47.5 Å². The molecule has 2 aromatic rings. The average molecular weight is 513 g/mol. The molecule has 3 N–H and O–H groups in total. The van der Waals surface area contributed by atoms with Crippen LogP contribution in [0.1, 0.15) is 11.1 Å². The van der Waals surface area contributed by atoms with Gasteiger partial charge < -0.3 is 20.5 Å². The molecule has 0 heterocycles. The van der Waals surface area contributed by atoms with Crippen LogP contribution in [0.5, 0.6) is 11.5 Å². The molecule has 154 valence electrons. The predicted octanol–water partition coefficient (Wildman–Crippen LogP) is 3.96. The maximum atomic E-state index is 13.3. The topological polar surface area (TPSA) is 65.9 Å². The second-order valence-corrected chi connectivity index (χ2v) is 5.61. The van der Waals surface area contributed by atoms with Crippen molar-refractivity contribution in [2.24, 2.45) is 4.99 Å². The molecule has 2 aromatic carbocycles. The van der Waals surface area contributed by atoms with Gasteiger partial charge in [0.05, 0.1) is 0 Å². The van der Waals surface area contributed by atoms with Gasteiger partial charge in [-0.3, -0.25) is 4.99 Å². The summed E-state index contributed by atoms with van der Waals surface area (Å²) in [6.07, 6.45) is -4.38. The molecule has 0 spiro atoms. The van der Waals surface area contributed by atoms with E-state index in [1.165, 1.54) is 24.3 Å². The van der Waals surface area contributed by atoms with E-state index < -0.39 is 24.3 Å². The summed E-state index contributed by atoms with van der Waals surface area (Å²) in [6, 6.07) is 10.3. The summed E-state index contributed by atoms with van der Waals surface area (Å²) in [7, 11) is 1.57. The normalized spacial score (nSPS) is 11.5. The van der Waals surface area contributed by atoms with Crippen molar-refractivity contribution >= 4 is 29.9 Å². The number of ether oxygens (including phenoxy) is 1. The summed E-state index contributed by atoms with van der Waals surface area (Å²) in [5.74, 6) is -0.525. The van der Waals surface area contributed by atoms with E-state index in [4.69, 9.17) is 0 Å². The van der Waals surface area contributed by atoms with Crippen LogP contribution in [-0.4, -0.2) is 30.9 Å². The highest BCUT2D eigenvalue weighted by molar-refractivity contribution is 14.0. The van der Waals surface area contributed by atoms with E-state index >= 15 is 0 Å². The van der Waals surface area contributed by atoms with Crippen LogP contribution in [-0.2, 0) is 13.1 Å². The first-order chi connectivity index (χ1) is 12.8. The van der Waals surface area contributed by atoms with Crippen molar-refractivity contribution in [1.29, 1.82) is 0 Å². The second-order valence-electron chi connectivity index (χ2n) is 5.61. The third kappa shape index (κ3) is 8.19. The zero-order valence-corrected chi connectivity index (χ0v) is 17.2. The molecule has 10 heteroatoms. The molecule has 0 bridgehead atoms. The van der Waals surface area contributed by atoms with Gasteiger partial charge in [0.15, 0.2) is 24.1 Å². The Morgan fingerprint density at radius 2 is 1.61 bits per heavy atom. The van der Waals surface area contributed by atoms with Crippen molar-refractivity contribution in [3.05, 3.63) is 59.4 Å². The lowest BCUT2D eigenvalue weighted by Crippen LogP contribution is -2.36. The molecule has 0 aliphatic carbocycles. The van der Waals surface area contributed by atoms with Gasteiger partial charge in [-0.2, -0.15) is 13.2 Å². The van der Waals surface area contributed by atoms with Gasteiger partial charge in [-0.25, -0.2) is 4.39 Å². The van der Waals surface area contributed by atoms with E-state index in [0.717, 1.165) is 5.56 Å². The van der Waals surface area contributed by atoms with Crippen LogP contribution in [0, 0.1) is 5.82 Å². The molecule has 0 radical (unpaired) electrons. The Morgan fingerprint density at radius 1 is 1.04 bits per heavy atom. The zero-order valence-electron chi connectivity index (χ0n) is 14.9. The molecule has 0 atom stereocenters. The average Bonchev–Trinajstić information content (AvgIpc) is 2.63. The number of aliphatic imine (C=N–C) groups is 1. The maximum Gasteiger partial charge on any atom is 0.422 e. The van der Waals surface area contributed by atoms with Crippen molar-refractivity contribution in [2.75, 3.05) is 13.7 Å². The molecule has 0 aliphatic rings. The largest absolute Gasteiger partial charge is 0.505 e. The summed E-state index contributed by atoms with van der Waals surface area (Å²) in [4.78, 5) is 4.03. The highest BCUT2D eigenvalue weighted by atomic mass is 127. The smallest absolute Gasteiger partial charge is 0.422 e. The van der Waals surface area contributed by atoms with Crippen LogP contribution in [0.2, 0.25) is 0 Å². The van der Waals surface area contributed by atoms with Gasteiger partial charge in [-0.05, 0) is 35.4 Å². The highest BCUT2D eigenvalue weighted by Gasteiger charge is 2.28. The maximum absolute atomic E-state index is 13.3. The van der Waals surface area contributed by atoms with Crippen LogP contribution >= 0.6 is 24.0 Å². The fourth-order valence-electron chi connectivity index (χ4n) is 2.12. The Morgan fingerprint density at radius 3 is 2.14 bits per heavy atom. The molecule has 0 fully saturated rings. The first-order valence-electron chi connectivity index (χ1n) is 7.97. The van der Waals surface area contributed by atoms with Crippen molar-refractivity contribution in [2.45, 2.75) is 19.3 Å². The van der Waals surface area contributed by atoms with Crippen molar-refractivity contribution in [1.82, 2.24) is 10.6 Å². The summed E-state index contributed by atoms with van der Waals surface area (Å²) < 4.78 is 54.3. The number of phenolic OH excluding ortho intramolecular Hbond substituents is 1. The van der Waals surface area contributed by atoms with Crippen LogP contribution in [0.3, 0.4) is 0 Å². The quantitative estimate of drug-likeness (QED) is 0.237. The zero-order chi connectivity index (χ0) is 19.9. The molecule has 0 aromatic heterocycles. The van der Waals surface area contributed by atoms with E-state index in [-0.39, 0.29) is 29.7 Å². The molecule has 0 amide bonds. The first-order valence-corrected chi connectivity index (χ1v) is 7.97. The number of benzene rings is 2. The van der Waals surface area contributed by atoms with E-state index in [9.17, 15) is 22.7 Å². The van der Waals surface area contributed by atoms with Gasteiger partial charge in [0.25, 0.3) is 0 Å². The molecule has 0 saturated heterocycles. The molecule has 0 unspecified atom stereocenters. The number of phenols is 1. The number of rotatable bonds is 6. The van der Waals surface area contributed by atoms with Crippen molar-refractivity contribution in [3.63, 3.8) is 0 Å². The molecule has 28 heavy (non-hydrogen) atoms. The van der Waals surface area contributed by atoms with E-state index in [1.807, 2.05) is 0 Å². The number of aromatic hydroxyl groups is 1. The fraction of sp³-hybridized carbons (Fsp3) is 0.278. The number of alkyl halides is 3.